The average molecular weight is 335 g/mol. The molecule has 0 radical (unpaired) electrons. The van der Waals surface area contributed by atoms with E-state index in [0.29, 0.717) is 17.6 Å². The van der Waals surface area contributed by atoms with E-state index in [1.165, 1.54) is 18.2 Å². The number of benzene rings is 1. The van der Waals surface area contributed by atoms with E-state index in [2.05, 4.69) is 10.0 Å². The molecule has 2 saturated heterocycles. The van der Waals surface area contributed by atoms with Crippen LogP contribution in [-0.4, -0.2) is 26.5 Å². The summed E-state index contributed by atoms with van der Waals surface area (Å²) in [7, 11) is -3.56. The van der Waals surface area contributed by atoms with Crippen molar-refractivity contribution in [3.63, 3.8) is 0 Å². The van der Waals surface area contributed by atoms with Crippen molar-refractivity contribution in [1.29, 1.82) is 0 Å². The lowest BCUT2D eigenvalue weighted by Gasteiger charge is -2.29. The minimum atomic E-state index is -3.56. The zero-order valence-electron chi connectivity index (χ0n) is 11.8. The topological polar surface area (TPSA) is 58.2 Å². The summed E-state index contributed by atoms with van der Waals surface area (Å²) < 4.78 is 40.7. The number of hydrogen-bond acceptors (Lipinski definition) is 3. The lowest BCUT2D eigenvalue weighted by molar-refractivity contribution is 0.345. The highest BCUT2D eigenvalue weighted by Gasteiger charge is 2.35. The Hall–Kier alpha value is -0.690. The number of hydrogen-bond donors (Lipinski definition) is 2. The second-order valence-electron chi connectivity index (χ2n) is 5.84. The number of halogens is 2. The molecule has 0 aliphatic carbocycles. The molecular formula is C14H20ClFN2O2S. The fourth-order valence-corrected chi connectivity index (χ4v) is 4.57. The van der Waals surface area contributed by atoms with Crippen LogP contribution in [0.2, 0.25) is 0 Å². The summed E-state index contributed by atoms with van der Waals surface area (Å²) in [6.45, 7) is 1.57. The monoisotopic (exact) mass is 334 g/mol. The zero-order valence-corrected chi connectivity index (χ0v) is 13.4. The number of piperidine rings is 1. The van der Waals surface area contributed by atoms with Gasteiger partial charge in [-0.1, -0.05) is 0 Å². The van der Waals surface area contributed by atoms with Crippen LogP contribution in [0.5, 0.6) is 0 Å². The third-order valence-electron chi connectivity index (χ3n) is 4.23. The van der Waals surface area contributed by atoms with Crippen LogP contribution in [0.1, 0.15) is 31.2 Å². The normalized spacial score (nSPS) is 28.2. The molecule has 2 atom stereocenters. The Bertz CT molecular complexity index is 611. The Kier molecular flexibility index (Phi) is 4.92. The van der Waals surface area contributed by atoms with E-state index < -0.39 is 10.0 Å². The summed E-state index contributed by atoms with van der Waals surface area (Å²) in [5.74, 6) is -0.385. The minimum absolute atomic E-state index is 0. The summed E-state index contributed by atoms with van der Waals surface area (Å²) in [4.78, 5) is 0.141. The maximum atomic E-state index is 13.2. The molecule has 118 valence electrons. The van der Waals surface area contributed by atoms with Crippen molar-refractivity contribution in [1.82, 2.24) is 10.0 Å². The van der Waals surface area contributed by atoms with Crippen molar-refractivity contribution in [3.8, 4) is 0 Å². The molecule has 0 spiro atoms. The Labute approximate surface area is 131 Å². The molecule has 2 bridgehead atoms. The second kappa shape index (κ2) is 6.20. The molecule has 3 rings (SSSR count). The first kappa shape index (κ1) is 16.7. The molecule has 0 saturated carbocycles. The van der Waals surface area contributed by atoms with Gasteiger partial charge >= 0.3 is 0 Å². The highest BCUT2D eigenvalue weighted by Crippen LogP contribution is 2.27. The fourth-order valence-electron chi connectivity index (χ4n) is 3.23. The van der Waals surface area contributed by atoms with Crippen molar-refractivity contribution < 1.29 is 12.8 Å². The van der Waals surface area contributed by atoms with Crippen molar-refractivity contribution in [2.75, 3.05) is 0 Å². The van der Waals surface area contributed by atoms with E-state index in [1.54, 1.807) is 6.92 Å². The summed E-state index contributed by atoms with van der Waals surface area (Å²) in [5.41, 5.74) is 0.346. The van der Waals surface area contributed by atoms with Gasteiger partial charge in [-0.3, -0.25) is 0 Å². The summed E-state index contributed by atoms with van der Waals surface area (Å²) in [6, 6.07) is 4.74. The molecule has 7 heteroatoms. The standard InChI is InChI=1S/C14H19FN2O2S.ClH/c1-9-6-13(4-5-14(9)15)20(18,19)17-12-7-10-2-3-11(8-12)16-10;/h4-6,10-12,16-17H,2-3,7-8H2,1H3;1H. The third kappa shape index (κ3) is 3.56. The third-order valence-corrected chi connectivity index (χ3v) is 5.75. The maximum absolute atomic E-state index is 13.2. The predicted molar refractivity (Wildman–Crippen MR) is 81.7 cm³/mol. The van der Waals surface area contributed by atoms with Crippen LogP contribution in [0.25, 0.3) is 0 Å². The van der Waals surface area contributed by atoms with Gasteiger partial charge in [0.1, 0.15) is 5.82 Å². The first-order valence-corrected chi connectivity index (χ1v) is 8.47. The Balaban J connectivity index is 0.00000161. The highest BCUT2D eigenvalue weighted by molar-refractivity contribution is 7.89. The van der Waals surface area contributed by atoms with Crippen molar-refractivity contribution in [3.05, 3.63) is 29.6 Å². The summed E-state index contributed by atoms with van der Waals surface area (Å²) >= 11 is 0. The fraction of sp³-hybridized carbons (Fsp3) is 0.571. The average Bonchev–Trinajstić information content (AvgIpc) is 2.71. The SMILES string of the molecule is Cc1cc(S(=O)(=O)NC2CC3CCC(C2)N3)ccc1F.Cl. The number of nitrogens with one attached hydrogen (secondary N) is 2. The molecule has 0 aromatic heterocycles. The lowest BCUT2D eigenvalue weighted by Crippen LogP contribution is -2.47. The van der Waals surface area contributed by atoms with E-state index in [0.717, 1.165) is 25.7 Å². The molecule has 0 amide bonds. The summed E-state index contributed by atoms with van der Waals surface area (Å²) in [6.07, 6.45) is 3.91. The molecule has 2 heterocycles. The van der Waals surface area contributed by atoms with Gasteiger partial charge in [-0.2, -0.15) is 0 Å². The number of rotatable bonds is 3. The predicted octanol–water partition coefficient (Wildman–Crippen LogP) is 2.12. The zero-order chi connectivity index (χ0) is 14.3. The highest BCUT2D eigenvalue weighted by atomic mass is 35.5. The molecule has 2 fully saturated rings. The molecule has 2 aliphatic heterocycles. The Morgan fingerprint density at radius 2 is 1.86 bits per heavy atom. The number of aryl methyl sites for hydroxylation is 1. The largest absolute Gasteiger partial charge is 0.311 e. The Morgan fingerprint density at radius 3 is 2.43 bits per heavy atom. The van der Waals surface area contributed by atoms with Crippen LogP contribution in [0.3, 0.4) is 0 Å². The van der Waals surface area contributed by atoms with E-state index in [9.17, 15) is 12.8 Å². The van der Waals surface area contributed by atoms with Crippen molar-refractivity contribution in [2.24, 2.45) is 0 Å². The molecular weight excluding hydrogens is 315 g/mol. The van der Waals surface area contributed by atoms with Crippen LogP contribution >= 0.6 is 12.4 Å². The molecule has 4 nitrogen and oxygen atoms in total. The van der Waals surface area contributed by atoms with E-state index in [1.807, 2.05) is 0 Å². The molecule has 1 aromatic carbocycles. The second-order valence-corrected chi connectivity index (χ2v) is 7.55. The van der Waals surface area contributed by atoms with E-state index in [4.69, 9.17) is 0 Å². The van der Waals surface area contributed by atoms with Crippen molar-refractivity contribution in [2.45, 2.75) is 55.6 Å². The van der Waals surface area contributed by atoms with Crippen LogP contribution in [0.15, 0.2) is 23.1 Å². The first-order valence-electron chi connectivity index (χ1n) is 6.98. The van der Waals surface area contributed by atoms with Crippen LogP contribution in [0.4, 0.5) is 4.39 Å². The molecule has 2 N–H and O–H groups in total. The van der Waals surface area contributed by atoms with E-state index >= 15 is 0 Å². The van der Waals surface area contributed by atoms with Gasteiger partial charge in [-0.15, -0.1) is 12.4 Å². The molecule has 1 aromatic rings. The van der Waals surface area contributed by atoms with Gasteiger partial charge in [0.15, 0.2) is 0 Å². The van der Waals surface area contributed by atoms with Gasteiger partial charge in [0, 0.05) is 18.1 Å². The van der Waals surface area contributed by atoms with Gasteiger partial charge in [0.25, 0.3) is 0 Å². The first-order chi connectivity index (χ1) is 9.44. The number of fused-ring (bicyclic) bond motifs is 2. The number of sulfonamides is 1. The van der Waals surface area contributed by atoms with Crippen molar-refractivity contribution >= 4 is 22.4 Å². The van der Waals surface area contributed by atoms with Gasteiger partial charge in [-0.05, 0) is 56.4 Å². The minimum Gasteiger partial charge on any atom is -0.311 e. The molecule has 2 aliphatic rings. The molecule has 21 heavy (non-hydrogen) atoms. The quantitative estimate of drug-likeness (QED) is 0.890. The van der Waals surface area contributed by atoms with Crippen LogP contribution < -0.4 is 10.0 Å². The van der Waals surface area contributed by atoms with Crippen LogP contribution in [-0.2, 0) is 10.0 Å². The smallest absolute Gasteiger partial charge is 0.240 e. The van der Waals surface area contributed by atoms with Gasteiger partial charge < -0.3 is 5.32 Å². The maximum Gasteiger partial charge on any atom is 0.240 e. The van der Waals surface area contributed by atoms with Gasteiger partial charge in [0.05, 0.1) is 4.90 Å². The Morgan fingerprint density at radius 1 is 1.24 bits per heavy atom. The van der Waals surface area contributed by atoms with Gasteiger partial charge in [0.2, 0.25) is 10.0 Å². The molecule has 2 unspecified atom stereocenters. The van der Waals surface area contributed by atoms with E-state index in [-0.39, 0.29) is 29.2 Å². The summed E-state index contributed by atoms with van der Waals surface area (Å²) in [5, 5.41) is 3.48. The van der Waals surface area contributed by atoms with Gasteiger partial charge in [-0.25, -0.2) is 17.5 Å². The van der Waals surface area contributed by atoms with Crippen LogP contribution in [0, 0.1) is 12.7 Å². The lowest BCUT2D eigenvalue weighted by atomic mass is 10.0.